The summed E-state index contributed by atoms with van der Waals surface area (Å²) in [7, 11) is 0. The van der Waals surface area contributed by atoms with E-state index in [1.807, 2.05) is 6.92 Å². The summed E-state index contributed by atoms with van der Waals surface area (Å²) >= 11 is 6.20. The van der Waals surface area contributed by atoms with Crippen molar-refractivity contribution < 1.29 is 14.7 Å². The molecule has 0 aromatic rings. The summed E-state index contributed by atoms with van der Waals surface area (Å²) in [4.78, 5) is 23.8. The first-order valence-electron chi connectivity index (χ1n) is 5.27. The summed E-state index contributed by atoms with van der Waals surface area (Å²) < 4.78 is -0.488. The fourth-order valence-corrected chi connectivity index (χ4v) is 4.35. The van der Waals surface area contributed by atoms with Crippen LogP contribution in [0.2, 0.25) is 0 Å². The molecule has 1 saturated carbocycles. The van der Waals surface area contributed by atoms with Gasteiger partial charge >= 0.3 is 6.09 Å². The van der Waals surface area contributed by atoms with Crippen molar-refractivity contribution in [1.29, 1.82) is 0 Å². The van der Waals surface area contributed by atoms with Crippen LogP contribution < -0.4 is 0 Å². The van der Waals surface area contributed by atoms with Crippen LogP contribution in [0.4, 0.5) is 4.79 Å². The highest BCUT2D eigenvalue weighted by Gasteiger charge is 2.54. The minimum atomic E-state index is -1.26. The normalized spacial score (nSPS) is 31.4. The average Bonchev–Trinajstić information content (AvgIpc) is 2.75. The zero-order valence-corrected chi connectivity index (χ0v) is 10.6. The van der Waals surface area contributed by atoms with Crippen LogP contribution in [0, 0.1) is 5.92 Å². The molecule has 2 rings (SSSR count). The summed E-state index contributed by atoms with van der Waals surface area (Å²) in [6, 6.07) is 0. The van der Waals surface area contributed by atoms with E-state index >= 15 is 0 Å². The number of amides is 2. The Hall–Kier alpha value is -0.620. The lowest BCUT2D eigenvalue weighted by molar-refractivity contribution is -0.128. The van der Waals surface area contributed by atoms with Crippen molar-refractivity contribution in [2.24, 2.45) is 5.92 Å². The van der Waals surface area contributed by atoms with Crippen LogP contribution in [0.15, 0.2) is 0 Å². The molecule has 1 atom stereocenters. The topological polar surface area (TPSA) is 57.6 Å². The standard InChI is InChI=1S/C10H13NO3S2/c1-10(6-4-2-3-5-6)7(12)11(8(13)14)9(15)16-10/h6H,2-5H2,1H3,(H,13,14). The fourth-order valence-electron chi connectivity index (χ4n) is 2.48. The van der Waals surface area contributed by atoms with Gasteiger partial charge in [-0.3, -0.25) is 4.79 Å². The van der Waals surface area contributed by atoms with Crippen molar-refractivity contribution in [3.63, 3.8) is 0 Å². The number of thiocarbonyl (C=S) groups is 1. The maximum absolute atomic E-state index is 12.1. The Kier molecular flexibility index (Phi) is 2.96. The molecule has 1 aliphatic heterocycles. The van der Waals surface area contributed by atoms with Crippen molar-refractivity contribution in [3.8, 4) is 0 Å². The van der Waals surface area contributed by atoms with E-state index in [-0.39, 0.29) is 16.1 Å². The molecule has 1 N–H and O–H groups in total. The molecule has 6 heteroatoms. The van der Waals surface area contributed by atoms with E-state index in [9.17, 15) is 9.59 Å². The van der Waals surface area contributed by atoms with Crippen LogP contribution >= 0.6 is 24.0 Å². The Labute approximate surface area is 103 Å². The second kappa shape index (κ2) is 4.00. The zero-order valence-electron chi connectivity index (χ0n) is 8.93. The molecule has 1 saturated heterocycles. The predicted octanol–water partition coefficient (Wildman–Crippen LogP) is 2.47. The van der Waals surface area contributed by atoms with Gasteiger partial charge in [0.1, 0.15) is 4.75 Å². The molecular formula is C10H13NO3S2. The summed E-state index contributed by atoms with van der Waals surface area (Å²) in [5.74, 6) is -0.103. The lowest BCUT2D eigenvalue weighted by atomic mass is 9.90. The molecule has 0 bridgehead atoms. The Bertz CT molecular complexity index is 365. The van der Waals surface area contributed by atoms with Crippen molar-refractivity contribution in [1.82, 2.24) is 4.90 Å². The summed E-state index contributed by atoms with van der Waals surface area (Å²) in [5.41, 5.74) is 0. The van der Waals surface area contributed by atoms with Gasteiger partial charge in [0, 0.05) is 0 Å². The second-order valence-electron chi connectivity index (χ2n) is 4.38. The van der Waals surface area contributed by atoms with Crippen LogP contribution in [0.25, 0.3) is 0 Å². The molecule has 0 aromatic carbocycles. The lowest BCUT2D eigenvalue weighted by Gasteiger charge is -2.26. The zero-order chi connectivity index (χ0) is 11.9. The summed E-state index contributed by atoms with van der Waals surface area (Å²) in [6.07, 6.45) is 2.96. The van der Waals surface area contributed by atoms with Gasteiger partial charge < -0.3 is 5.11 Å². The minimum Gasteiger partial charge on any atom is -0.464 e. The van der Waals surface area contributed by atoms with E-state index in [2.05, 4.69) is 0 Å². The van der Waals surface area contributed by atoms with E-state index in [0.717, 1.165) is 30.6 Å². The van der Waals surface area contributed by atoms with Gasteiger partial charge in [-0.15, -0.1) is 0 Å². The number of carbonyl (C=O) groups excluding carboxylic acids is 1. The third-order valence-corrected chi connectivity index (χ3v) is 5.16. The predicted molar refractivity (Wildman–Crippen MR) is 65.4 cm³/mol. The summed E-state index contributed by atoms with van der Waals surface area (Å²) in [5, 5.41) is 8.93. The smallest absolute Gasteiger partial charge is 0.419 e. The van der Waals surface area contributed by atoms with E-state index in [0.29, 0.717) is 0 Å². The Balaban J connectivity index is 2.27. The molecule has 0 aromatic heterocycles. The monoisotopic (exact) mass is 259 g/mol. The highest BCUT2D eigenvalue weighted by atomic mass is 32.2. The first-order valence-corrected chi connectivity index (χ1v) is 6.49. The van der Waals surface area contributed by atoms with Crippen molar-refractivity contribution in [2.75, 3.05) is 0 Å². The first kappa shape index (κ1) is 11.9. The Morgan fingerprint density at radius 3 is 2.56 bits per heavy atom. The van der Waals surface area contributed by atoms with Crippen molar-refractivity contribution in [3.05, 3.63) is 0 Å². The SMILES string of the molecule is CC1(C2CCCC2)SC(=S)N(C(=O)O)C1=O. The number of nitrogens with zero attached hydrogens (tertiary/aromatic N) is 1. The largest absolute Gasteiger partial charge is 0.464 e. The van der Waals surface area contributed by atoms with Crippen LogP contribution in [-0.4, -0.2) is 31.1 Å². The molecule has 16 heavy (non-hydrogen) atoms. The fraction of sp³-hybridized carbons (Fsp3) is 0.700. The molecule has 2 amide bonds. The number of carboxylic acid groups (broad SMARTS) is 1. The van der Waals surface area contributed by atoms with Crippen molar-refractivity contribution >= 4 is 40.3 Å². The molecule has 2 aliphatic rings. The maximum atomic E-state index is 12.1. The third kappa shape index (κ3) is 1.64. The number of thioether (sulfide) groups is 1. The molecule has 2 fully saturated rings. The van der Waals surface area contributed by atoms with Crippen LogP contribution in [0.3, 0.4) is 0 Å². The van der Waals surface area contributed by atoms with E-state index in [1.165, 1.54) is 11.8 Å². The molecule has 4 nitrogen and oxygen atoms in total. The van der Waals surface area contributed by atoms with Gasteiger partial charge in [0.15, 0.2) is 4.32 Å². The molecule has 0 radical (unpaired) electrons. The summed E-state index contributed by atoms with van der Waals surface area (Å²) in [6.45, 7) is 1.82. The number of hydrogen-bond donors (Lipinski definition) is 1. The number of imide groups is 1. The number of rotatable bonds is 1. The van der Waals surface area contributed by atoms with E-state index < -0.39 is 10.8 Å². The van der Waals surface area contributed by atoms with Gasteiger partial charge in [-0.25, -0.2) is 4.79 Å². The van der Waals surface area contributed by atoms with Gasteiger partial charge in [0.05, 0.1) is 0 Å². The van der Waals surface area contributed by atoms with E-state index in [1.54, 1.807) is 0 Å². The van der Waals surface area contributed by atoms with Gasteiger partial charge in [0.25, 0.3) is 5.91 Å². The molecular weight excluding hydrogens is 246 g/mol. The van der Waals surface area contributed by atoms with Crippen LogP contribution in [0.5, 0.6) is 0 Å². The molecule has 1 heterocycles. The van der Waals surface area contributed by atoms with E-state index in [4.69, 9.17) is 17.3 Å². The van der Waals surface area contributed by atoms with Crippen molar-refractivity contribution in [2.45, 2.75) is 37.4 Å². The van der Waals surface area contributed by atoms with Crippen LogP contribution in [0.1, 0.15) is 32.6 Å². The molecule has 1 aliphatic carbocycles. The lowest BCUT2D eigenvalue weighted by Crippen LogP contribution is -2.43. The highest BCUT2D eigenvalue weighted by Crippen LogP contribution is 2.48. The highest BCUT2D eigenvalue weighted by molar-refractivity contribution is 8.25. The Morgan fingerprint density at radius 1 is 1.56 bits per heavy atom. The Morgan fingerprint density at radius 2 is 2.12 bits per heavy atom. The third-order valence-electron chi connectivity index (χ3n) is 3.44. The molecule has 88 valence electrons. The van der Waals surface area contributed by atoms with Gasteiger partial charge in [-0.1, -0.05) is 36.8 Å². The maximum Gasteiger partial charge on any atom is 0.419 e. The van der Waals surface area contributed by atoms with Crippen LogP contribution in [-0.2, 0) is 4.79 Å². The number of carbonyl (C=O) groups is 2. The van der Waals surface area contributed by atoms with Gasteiger partial charge in [0.2, 0.25) is 0 Å². The molecule has 0 spiro atoms. The number of hydrogen-bond acceptors (Lipinski definition) is 4. The minimum absolute atomic E-state index is 0.173. The van der Waals surface area contributed by atoms with Gasteiger partial charge in [-0.2, -0.15) is 4.90 Å². The quantitative estimate of drug-likeness (QED) is 0.733. The second-order valence-corrected chi connectivity index (χ2v) is 6.46. The van der Waals surface area contributed by atoms with Gasteiger partial charge in [-0.05, 0) is 25.7 Å². The average molecular weight is 259 g/mol. The first-order chi connectivity index (χ1) is 7.47. The molecule has 1 unspecified atom stereocenters.